The molecule has 15 heavy (non-hydrogen) atoms. The molecule has 0 aromatic heterocycles. The fourth-order valence-electron chi connectivity index (χ4n) is 1.17. The van der Waals surface area contributed by atoms with Crippen molar-refractivity contribution in [3.63, 3.8) is 0 Å². The maximum atomic E-state index is 12.8. The predicted molar refractivity (Wildman–Crippen MR) is 56.4 cm³/mol. The van der Waals surface area contributed by atoms with E-state index < -0.39 is 10.9 Å². The van der Waals surface area contributed by atoms with Crippen molar-refractivity contribution in [1.82, 2.24) is 0 Å². The van der Waals surface area contributed by atoms with Crippen LogP contribution in [0.15, 0.2) is 24.3 Å². The molecule has 1 unspecified atom stereocenters. The first-order valence-electron chi connectivity index (χ1n) is 4.43. The van der Waals surface area contributed by atoms with E-state index in [2.05, 4.69) is 15.9 Å². The summed E-state index contributed by atoms with van der Waals surface area (Å²) in [6.07, 6.45) is -1.92. The van der Waals surface area contributed by atoms with Crippen molar-refractivity contribution in [1.29, 1.82) is 0 Å². The van der Waals surface area contributed by atoms with E-state index in [1.54, 1.807) is 25.1 Å². The largest absolute Gasteiger partial charge is 0.493 e. The van der Waals surface area contributed by atoms with Gasteiger partial charge in [0.2, 0.25) is 0 Å². The standard InChI is InChI=1S/C10H11BrF2O2/c1-2-15-8-6-4-3-5-7(8)9(14)10(11,12)13/h3-6,9,14H,2H2,1H3. The first kappa shape index (κ1) is 12.4. The summed E-state index contributed by atoms with van der Waals surface area (Å²) in [5.74, 6) is 0.270. The second-order valence-corrected chi connectivity index (χ2v) is 3.97. The van der Waals surface area contributed by atoms with Gasteiger partial charge in [-0.3, -0.25) is 0 Å². The third kappa shape index (κ3) is 3.14. The highest BCUT2D eigenvalue weighted by Crippen LogP contribution is 2.39. The minimum Gasteiger partial charge on any atom is -0.493 e. The Morgan fingerprint density at radius 1 is 1.47 bits per heavy atom. The van der Waals surface area contributed by atoms with Gasteiger partial charge in [-0.2, -0.15) is 8.78 Å². The summed E-state index contributed by atoms with van der Waals surface area (Å²) >= 11 is 2.13. The molecule has 0 heterocycles. The van der Waals surface area contributed by atoms with Crippen LogP contribution in [0.2, 0.25) is 0 Å². The zero-order valence-electron chi connectivity index (χ0n) is 8.08. The van der Waals surface area contributed by atoms with Crippen molar-refractivity contribution >= 4 is 15.9 Å². The number of hydrogen-bond donors (Lipinski definition) is 1. The van der Waals surface area contributed by atoms with Gasteiger partial charge in [0.25, 0.3) is 0 Å². The molecule has 5 heteroatoms. The number of rotatable bonds is 4. The van der Waals surface area contributed by atoms with Gasteiger partial charge in [-0.05, 0) is 28.9 Å². The highest BCUT2D eigenvalue weighted by Gasteiger charge is 2.37. The van der Waals surface area contributed by atoms with E-state index in [1.165, 1.54) is 6.07 Å². The number of ether oxygens (including phenoxy) is 1. The van der Waals surface area contributed by atoms with E-state index in [-0.39, 0.29) is 11.3 Å². The molecule has 0 radical (unpaired) electrons. The lowest BCUT2D eigenvalue weighted by Gasteiger charge is -2.19. The molecule has 1 N–H and O–H groups in total. The molecule has 84 valence electrons. The Morgan fingerprint density at radius 2 is 2.07 bits per heavy atom. The van der Waals surface area contributed by atoms with E-state index in [0.717, 1.165) is 0 Å². The zero-order valence-corrected chi connectivity index (χ0v) is 9.67. The number of halogens is 3. The van der Waals surface area contributed by atoms with Crippen LogP contribution in [0.25, 0.3) is 0 Å². The van der Waals surface area contributed by atoms with Crippen LogP contribution in [0.1, 0.15) is 18.6 Å². The molecule has 0 saturated heterocycles. The van der Waals surface area contributed by atoms with Gasteiger partial charge in [0, 0.05) is 5.56 Å². The molecule has 0 fully saturated rings. The summed E-state index contributed by atoms with van der Waals surface area (Å²) in [7, 11) is 0. The Bertz CT molecular complexity index is 325. The first-order valence-corrected chi connectivity index (χ1v) is 5.22. The minimum atomic E-state index is -3.36. The molecule has 0 saturated carbocycles. The van der Waals surface area contributed by atoms with Gasteiger partial charge in [-0.15, -0.1) is 0 Å². The fraction of sp³-hybridized carbons (Fsp3) is 0.400. The predicted octanol–water partition coefficient (Wildman–Crippen LogP) is 3.11. The van der Waals surface area contributed by atoms with Crippen molar-refractivity contribution in [2.24, 2.45) is 0 Å². The second kappa shape index (κ2) is 4.90. The highest BCUT2D eigenvalue weighted by atomic mass is 79.9. The number of alkyl halides is 3. The lowest BCUT2D eigenvalue weighted by Crippen LogP contribution is -2.19. The lowest BCUT2D eigenvalue weighted by molar-refractivity contribution is -0.0306. The van der Waals surface area contributed by atoms with Crippen molar-refractivity contribution in [2.75, 3.05) is 6.61 Å². The number of aliphatic hydroxyl groups excluding tert-OH is 1. The van der Waals surface area contributed by atoms with E-state index in [4.69, 9.17) is 4.74 Å². The molecule has 0 aliphatic carbocycles. The molecule has 0 amide bonds. The molecule has 1 atom stereocenters. The van der Waals surface area contributed by atoms with Gasteiger partial charge < -0.3 is 9.84 Å². The maximum absolute atomic E-state index is 12.8. The van der Waals surface area contributed by atoms with Gasteiger partial charge in [0.1, 0.15) is 5.75 Å². The van der Waals surface area contributed by atoms with Crippen LogP contribution in [0.3, 0.4) is 0 Å². The van der Waals surface area contributed by atoms with Gasteiger partial charge in [0.15, 0.2) is 6.10 Å². The van der Waals surface area contributed by atoms with E-state index >= 15 is 0 Å². The zero-order chi connectivity index (χ0) is 11.5. The molecule has 1 aromatic rings. The van der Waals surface area contributed by atoms with E-state index in [9.17, 15) is 13.9 Å². The summed E-state index contributed by atoms with van der Waals surface area (Å²) in [4.78, 5) is -3.36. The molecule has 0 aliphatic heterocycles. The smallest absolute Gasteiger partial charge is 0.330 e. The molecule has 1 aromatic carbocycles. The van der Waals surface area contributed by atoms with Crippen LogP contribution in [0.4, 0.5) is 8.78 Å². The summed E-state index contributed by atoms with van der Waals surface area (Å²) in [5, 5.41) is 9.39. The Balaban J connectivity index is 3.02. The average Bonchev–Trinajstić information content (AvgIpc) is 2.17. The van der Waals surface area contributed by atoms with Crippen molar-refractivity contribution in [2.45, 2.75) is 17.9 Å². The van der Waals surface area contributed by atoms with Crippen LogP contribution in [0.5, 0.6) is 5.75 Å². The van der Waals surface area contributed by atoms with Gasteiger partial charge in [-0.1, -0.05) is 18.2 Å². The monoisotopic (exact) mass is 280 g/mol. The SMILES string of the molecule is CCOc1ccccc1C(O)C(F)(F)Br. The van der Waals surface area contributed by atoms with E-state index in [1.807, 2.05) is 0 Å². The van der Waals surface area contributed by atoms with Crippen LogP contribution in [0, 0.1) is 0 Å². The van der Waals surface area contributed by atoms with Crippen molar-refractivity contribution in [3.05, 3.63) is 29.8 Å². The second-order valence-electron chi connectivity index (χ2n) is 2.91. The number of hydrogen-bond acceptors (Lipinski definition) is 2. The quantitative estimate of drug-likeness (QED) is 0.859. The van der Waals surface area contributed by atoms with Crippen LogP contribution in [-0.4, -0.2) is 16.5 Å². The van der Waals surface area contributed by atoms with Crippen molar-refractivity contribution in [3.8, 4) is 5.75 Å². The summed E-state index contributed by atoms with van der Waals surface area (Å²) in [6, 6.07) is 6.18. The Labute approximate surface area is 95.0 Å². The molecule has 0 aliphatic rings. The molecule has 2 nitrogen and oxygen atoms in total. The van der Waals surface area contributed by atoms with Gasteiger partial charge in [-0.25, -0.2) is 0 Å². The normalized spacial score (nSPS) is 13.7. The average molecular weight is 281 g/mol. The first-order chi connectivity index (χ1) is 6.96. The summed E-state index contributed by atoms with van der Waals surface area (Å²) in [6.45, 7) is 2.10. The van der Waals surface area contributed by atoms with Crippen LogP contribution in [-0.2, 0) is 0 Å². The molecule has 0 spiro atoms. The fourth-order valence-corrected chi connectivity index (χ4v) is 1.42. The van der Waals surface area contributed by atoms with Crippen molar-refractivity contribution < 1.29 is 18.6 Å². The third-order valence-corrected chi connectivity index (χ3v) is 2.26. The van der Waals surface area contributed by atoms with E-state index in [0.29, 0.717) is 6.61 Å². The molecular formula is C10H11BrF2O2. The Kier molecular flexibility index (Phi) is 4.04. The summed E-state index contributed by atoms with van der Waals surface area (Å²) in [5.41, 5.74) is 0.0706. The molecule has 1 rings (SSSR count). The highest BCUT2D eigenvalue weighted by molar-refractivity contribution is 9.10. The molecule has 0 bridgehead atoms. The van der Waals surface area contributed by atoms with Crippen LogP contribution < -0.4 is 4.74 Å². The Hall–Kier alpha value is -0.680. The summed E-state index contributed by atoms with van der Waals surface area (Å²) < 4.78 is 30.8. The maximum Gasteiger partial charge on any atom is 0.330 e. The molecular weight excluding hydrogens is 270 g/mol. The number of benzene rings is 1. The van der Waals surface area contributed by atoms with Crippen LogP contribution >= 0.6 is 15.9 Å². The third-order valence-electron chi connectivity index (χ3n) is 1.82. The topological polar surface area (TPSA) is 29.5 Å². The Morgan fingerprint density at radius 3 is 2.60 bits per heavy atom. The number of para-hydroxylation sites is 1. The minimum absolute atomic E-state index is 0.0706. The lowest BCUT2D eigenvalue weighted by atomic mass is 10.1. The number of aliphatic hydroxyl groups is 1. The van der Waals surface area contributed by atoms with Gasteiger partial charge in [0.05, 0.1) is 6.61 Å². The van der Waals surface area contributed by atoms with Gasteiger partial charge >= 0.3 is 4.83 Å².